The van der Waals surface area contributed by atoms with Gasteiger partial charge in [-0.15, -0.1) is 0 Å². The van der Waals surface area contributed by atoms with Crippen LogP contribution >= 0.6 is 0 Å². The molecule has 1 aliphatic carbocycles. The van der Waals surface area contributed by atoms with Crippen LogP contribution in [0.5, 0.6) is 0 Å². The standard InChI is InChI=1S/C37H47N3O4/c1-23(2)43-36(42)34(44-37(5,6)7)32-25(4)39-24(3)31(33(32)40-20-19-30(22-40)27-13-14-27)28-15-17-29(18-16-28)35(41)38-21-26-11-9-8-10-12-26/h8-12,15-18,23,27,30,34H,13-14,19-22H2,1-7H3,(H,38,41)/t30?,34-/m0/s1. The van der Waals surface area contributed by atoms with Crippen molar-refractivity contribution in [2.45, 2.75) is 92.1 Å². The van der Waals surface area contributed by atoms with Crippen molar-refractivity contribution < 1.29 is 19.1 Å². The van der Waals surface area contributed by atoms with Gasteiger partial charge < -0.3 is 19.7 Å². The molecule has 0 spiro atoms. The number of anilines is 1. The minimum atomic E-state index is -0.928. The van der Waals surface area contributed by atoms with E-state index in [-0.39, 0.29) is 12.0 Å². The Morgan fingerprint density at radius 1 is 0.955 bits per heavy atom. The maximum Gasteiger partial charge on any atom is 0.340 e. The van der Waals surface area contributed by atoms with Crippen LogP contribution in [0.1, 0.15) is 92.9 Å². The normalized spacial score (nSPS) is 17.5. The van der Waals surface area contributed by atoms with Crippen LogP contribution in [0.4, 0.5) is 5.69 Å². The molecule has 1 amide bonds. The number of aromatic nitrogens is 1. The number of carbonyl (C=O) groups is 2. The van der Waals surface area contributed by atoms with Crippen molar-refractivity contribution in [1.29, 1.82) is 0 Å². The lowest BCUT2D eigenvalue weighted by molar-refractivity contribution is -0.171. The van der Waals surface area contributed by atoms with Gasteiger partial charge in [-0.3, -0.25) is 9.78 Å². The van der Waals surface area contributed by atoms with Gasteiger partial charge in [-0.25, -0.2) is 4.79 Å². The third-order valence-electron chi connectivity index (χ3n) is 8.44. The van der Waals surface area contributed by atoms with Gasteiger partial charge in [-0.2, -0.15) is 0 Å². The first-order valence-corrected chi connectivity index (χ1v) is 16.0. The molecule has 1 aliphatic heterocycles. The number of benzene rings is 2. The molecule has 7 nitrogen and oxygen atoms in total. The van der Waals surface area contributed by atoms with Crippen molar-refractivity contribution in [3.8, 4) is 11.1 Å². The summed E-state index contributed by atoms with van der Waals surface area (Å²) in [5.41, 5.74) is 6.38. The van der Waals surface area contributed by atoms with Crippen LogP contribution in [0.2, 0.25) is 0 Å². The Kier molecular flexibility index (Phi) is 9.45. The molecular weight excluding hydrogens is 550 g/mol. The van der Waals surface area contributed by atoms with Gasteiger partial charge in [0.15, 0.2) is 6.10 Å². The van der Waals surface area contributed by atoms with E-state index in [1.165, 1.54) is 12.8 Å². The quantitative estimate of drug-likeness (QED) is 0.246. The van der Waals surface area contributed by atoms with Crippen LogP contribution in [-0.2, 0) is 20.8 Å². The first-order valence-electron chi connectivity index (χ1n) is 16.0. The monoisotopic (exact) mass is 597 g/mol. The summed E-state index contributed by atoms with van der Waals surface area (Å²) in [6.45, 7) is 15.9. The van der Waals surface area contributed by atoms with E-state index in [4.69, 9.17) is 14.5 Å². The van der Waals surface area contributed by atoms with E-state index in [0.717, 1.165) is 64.8 Å². The Balaban J connectivity index is 1.56. The molecule has 0 bridgehead atoms. The van der Waals surface area contributed by atoms with Crippen molar-refractivity contribution >= 4 is 17.6 Å². The van der Waals surface area contributed by atoms with Crippen molar-refractivity contribution in [3.63, 3.8) is 0 Å². The van der Waals surface area contributed by atoms with E-state index in [2.05, 4.69) is 10.2 Å². The molecule has 5 rings (SSSR count). The second-order valence-electron chi connectivity index (χ2n) is 13.6. The molecular formula is C37H47N3O4. The molecule has 1 N–H and O–H groups in total. The number of hydrogen-bond donors (Lipinski definition) is 1. The Morgan fingerprint density at radius 2 is 1.64 bits per heavy atom. The molecule has 3 aromatic rings. The molecule has 2 fully saturated rings. The van der Waals surface area contributed by atoms with E-state index < -0.39 is 17.7 Å². The number of esters is 1. The molecule has 1 unspecified atom stereocenters. The maximum absolute atomic E-state index is 13.7. The van der Waals surface area contributed by atoms with Gasteiger partial charge in [0.05, 0.1) is 17.4 Å². The fourth-order valence-electron chi connectivity index (χ4n) is 6.32. The van der Waals surface area contributed by atoms with E-state index >= 15 is 0 Å². The summed E-state index contributed by atoms with van der Waals surface area (Å²) >= 11 is 0. The summed E-state index contributed by atoms with van der Waals surface area (Å²) < 4.78 is 12.3. The Hall–Kier alpha value is -3.71. The van der Waals surface area contributed by atoms with Crippen molar-refractivity contribution in [3.05, 3.63) is 82.7 Å². The molecule has 1 aromatic heterocycles. The molecule has 7 heteroatoms. The molecule has 44 heavy (non-hydrogen) atoms. The molecule has 1 saturated carbocycles. The number of ether oxygens (including phenoxy) is 2. The molecule has 234 valence electrons. The van der Waals surface area contributed by atoms with Crippen LogP contribution in [0.15, 0.2) is 54.6 Å². The first-order chi connectivity index (χ1) is 20.9. The summed E-state index contributed by atoms with van der Waals surface area (Å²) in [7, 11) is 0. The van der Waals surface area contributed by atoms with E-state index in [9.17, 15) is 9.59 Å². The summed E-state index contributed by atoms with van der Waals surface area (Å²) in [5, 5.41) is 3.02. The number of hydrogen-bond acceptors (Lipinski definition) is 6. The fraction of sp³-hybridized carbons (Fsp3) is 0.486. The predicted molar refractivity (Wildman–Crippen MR) is 175 cm³/mol. The molecule has 0 radical (unpaired) electrons. The predicted octanol–water partition coefficient (Wildman–Crippen LogP) is 7.34. The number of nitrogens with zero attached hydrogens (tertiary/aromatic N) is 2. The lowest BCUT2D eigenvalue weighted by Crippen LogP contribution is -2.33. The number of nitrogens with one attached hydrogen (secondary N) is 1. The summed E-state index contributed by atoms with van der Waals surface area (Å²) in [6.07, 6.45) is 2.53. The zero-order valence-corrected chi connectivity index (χ0v) is 27.3. The van der Waals surface area contributed by atoms with Gasteiger partial charge in [0.25, 0.3) is 5.91 Å². The van der Waals surface area contributed by atoms with E-state index in [1.54, 1.807) is 0 Å². The van der Waals surface area contributed by atoms with Crippen molar-refractivity contribution in [1.82, 2.24) is 10.3 Å². The van der Waals surface area contributed by atoms with Gasteiger partial charge in [-0.05, 0) is 103 Å². The second kappa shape index (κ2) is 13.1. The summed E-state index contributed by atoms with van der Waals surface area (Å²) in [5.74, 6) is 0.906. The SMILES string of the molecule is Cc1nc(C)c([C@H](OC(C)(C)C)C(=O)OC(C)C)c(N2CCC(C3CC3)C2)c1-c1ccc(C(=O)NCc2ccccc2)cc1. The molecule has 2 atom stereocenters. The van der Waals surface area contributed by atoms with Crippen LogP contribution < -0.4 is 10.2 Å². The number of carbonyl (C=O) groups excluding carboxylic acids is 2. The third-order valence-corrected chi connectivity index (χ3v) is 8.44. The largest absolute Gasteiger partial charge is 0.461 e. The van der Waals surface area contributed by atoms with Crippen LogP contribution in [0, 0.1) is 25.7 Å². The summed E-state index contributed by atoms with van der Waals surface area (Å²) in [4.78, 5) is 34.1. The van der Waals surface area contributed by atoms with Gasteiger partial charge in [0.1, 0.15) is 0 Å². The third kappa shape index (κ3) is 7.49. The highest BCUT2D eigenvalue weighted by molar-refractivity contribution is 5.95. The van der Waals surface area contributed by atoms with Crippen LogP contribution in [0.3, 0.4) is 0 Å². The zero-order chi connectivity index (χ0) is 31.6. The van der Waals surface area contributed by atoms with Crippen LogP contribution in [-0.4, -0.2) is 41.7 Å². The highest BCUT2D eigenvalue weighted by atomic mass is 16.6. The van der Waals surface area contributed by atoms with Gasteiger partial charge >= 0.3 is 5.97 Å². The maximum atomic E-state index is 13.7. The smallest absolute Gasteiger partial charge is 0.340 e. The lowest BCUT2D eigenvalue weighted by Gasteiger charge is -2.33. The minimum Gasteiger partial charge on any atom is -0.461 e. The molecule has 2 heterocycles. The first kappa shape index (κ1) is 31.7. The van der Waals surface area contributed by atoms with Gasteiger partial charge in [0, 0.05) is 47.7 Å². The van der Waals surface area contributed by atoms with Crippen molar-refractivity contribution in [2.24, 2.45) is 11.8 Å². The molecule has 2 aliphatic rings. The van der Waals surface area contributed by atoms with E-state index in [0.29, 0.717) is 18.0 Å². The highest BCUT2D eigenvalue weighted by Gasteiger charge is 2.40. The molecule has 2 aromatic carbocycles. The van der Waals surface area contributed by atoms with Gasteiger partial charge in [-0.1, -0.05) is 42.5 Å². The Morgan fingerprint density at radius 3 is 2.25 bits per heavy atom. The number of aryl methyl sites for hydroxylation is 2. The Bertz CT molecular complexity index is 1470. The van der Waals surface area contributed by atoms with Gasteiger partial charge in [0.2, 0.25) is 0 Å². The average Bonchev–Trinajstić information content (AvgIpc) is 3.71. The highest BCUT2D eigenvalue weighted by Crippen LogP contribution is 2.47. The second-order valence-corrected chi connectivity index (χ2v) is 13.6. The number of pyridine rings is 1. The fourth-order valence-corrected chi connectivity index (χ4v) is 6.32. The molecule has 1 saturated heterocycles. The topological polar surface area (TPSA) is 80.8 Å². The van der Waals surface area contributed by atoms with E-state index in [1.807, 2.05) is 103 Å². The zero-order valence-electron chi connectivity index (χ0n) is 27.3. The number of amides is 1. The minimum absolute atomic E-state index is 0.123. The van der Waals surface area contributed by atoms with Crippen LogP contribution in [0.25, 0.3) is 11.1 Å². The summed E-state index contributed by atoms with van der Waals surface area (Å²) in [6, 6.07) is 17.6. The lowest BCUT2D eigenvalue weighted by atomic mass is 9.93. The van der Waals surface area contributed by atoms with Crippen molar-refractivity contribution in [2.75, 3.05) is 18.0 Å². The average molecular weight is 598 g/mol. The number of rotatable bonds is 10. The Labute approximate surface area is 262 Å².